The van der Waals surface area contributed by atoms with Crippen molar-refractivity contribution in [1.82, 2.24) is 0 Å². The van der Waals surface area contributed by atoms with E-state index >= 15 is 0 Å². The third-order valence-electron chi connectivity index (χ3n) is 1.58. The van der Waals surface area contributed by atoms with Crippen LogP contribution in [0.1, 0.15) is 19.8 Å². The van der Waals surface area contributed by atoms with E-state index in [1.54, 1.807) is 6.92 Å². The highest BCUT2D eigenvalue weighted by Gasteiger charge is 2.42. The van der Waals surface area contributed by atoms with Gasteiger partial charge >= 0.3 is 24.3 Å². The molecule has 0 saturated carbocycles. The molecule has 0 aliphatic rings. The van der Waals surface area contributed by atoms with E-state index < -0.39 is 37.3 Å². The van der Waals surface area contributed by atoms with Gasteiger partial charge in [-0.25, -0.2) is 8.78 Å². The Labute approximate surface area is 94.9 Å². The molecule has 0 heterocycles. The molecule has 0 spiro atoms. The average molecular weight is 260 g/mol. The van der Waals surface area contributed by atoms with Gasteiger partial charge in [0, 0.05) is 0 Å². The Morgan fingerprint density at radius 2 is 1.59 bits per heavy atom. The molecule has 0 bridgehead atoms. The van der Waals surface area contributed by atoms with Gasteiger partial charge in [-0.3, -0.25) is 9.59 Å². The van der Waals surface area contributed by atoms with Crippen LogP contribution in [0.25, 0.3) is 0 Å². The van der Waals surface area contributed by atoms with Gasteiger partial charge in [0.05, 0.1) is 19.4 Å². The minimum Gasteiger partial charge on any atom is -0.466 e. The van der Waals surface area contributed by atoms with E-state index in [9.17, 15) is 27.2 Å². The van der Waals surface area contributed by atoms with Crippen LogP contribution in [0, 0.1) is 0 Å². The summed E-state index contributed by atoms with van der Waals surface area (Å²) >= 11 is 0. The maximum atomic E-state index is 12.3. The van der Waals surface area contributed by atoms with Crippen LogP contribution in [-0.2, 0) is 19.1 Å². The lowest BCUT2D eigenvalue weighted by molar-refractivity contribution is -0.180. The molecule has 0 radical (unpaired) electrons. The quantitative estimate of drug-likeness (QED) is 0.517. The zero-order chi connectivity index (χ0) is 13.5. The van der Waals surface area contributed by atoms with Crippen molar-refractivity contribution in [3.63, 3.8) is 0 Å². The first-order valence-electron chi connectivity index (χ1n) is 4.76. The Hall–Kier alpha value is -1.34. The molecular weight excluding hydrogens is 248 g/mol. The first-order valence-corrected chi connectivity index (χ1v) is 4.76. The Kier molecular flexibility index (Phi) is 6.52. The van der Waals surface area contributed by atoms with E-state index in [0.717, 1.165) is 0 Å². The minimum atomic E-state index is -4.38. The van der Waals surface area contributed by atoms with Gasteiger partial charge < -0.3 is 9.47 Å². The predicted molar refractivity (Wildman–Crippen MR) is 47.8 cm³/mol. The molecule has 100 valence electrons. The second-order valence-electron chi connectivity index (χ2n) is 3.03. The predicted octanol–water partition coefficient (Wildman–Crippen LogP) is 1.77. The number of hydrogen-bond acceptors (Lipinski definition) is 4. The molecule has 0 saturated heterocycles. The zero-order valence-corrected chi connectivity index (χ0v) is 9.05. The van der Waals surface area contributed by atoms with E-state index in [4.69, 9.17) is 0 Å². The van der Waals surface area contributed by atoms with Crippen LogP contribution >= 0.6 is 0 Å². The van der Waals surface area contributed by atoms with E-state index in [0.29, 0.717) is 0 Å². The van der Waals surface area contributed by atoms with Crippen molar-refractivity contribution < 1.29 is 36.6 Å². The molecule has 0 unspecified atom stereocenters. The fraction of sp³-hybridized carbons (Fsp3) is 0.778. The SMILES string of the molecule is CCOC(=O)CCC(=O)OCC(F)(F)C(F)F. The maximum absolute atomic E-state index is 12.3. The van der Waals surface area contributed by atoms with Gasteiger partial charge in [0.2, 0.25) is 0 Å². The van der Waals surface area contributed by atoms with E-state index in [2.05, 4.69) is 9.47 Å². The standard InChI is InChI=1S/C9H12F4O4/c1-2-16-6(14)3-4-7(15)17-5-9(12,13)8(10)11/h8H,2-5H2,1H3. The first kappa shape index (κ1) is 15.7. The fourth-order valence-corrected chi connectivity index (χ4v) is 0.749. The second kappa shape index (κ2) is 7.08. The smallest absolute Gasteiger partial charge is 0.340 e. The van der Waals surface area contributed by atoms with E-state index in [1.807, 2.05) is 0 Å². The lowest BCUT2D eigenvalue weighted by atomic mass is 10.3. The second-order valence-corrected chi connectivity index (χ2v) is 3.03. The summed E-state index contributed by atoms with van der Waals surface area (Å²) in [5, 5.41) is 0. The van der Waals surface area contributed by atoms with Gasteiger partial charge in [0.25, 0.3) is 0 Å². The highest BCUT2D eigenvalue weighted by molar-refractivity contribution is 5.77. The fourth-order valence-electron chi connectivity index (χ4n) is 0.749. The average Bonchev–Trinajstić information content (AvgIpc) is 2.24. The van der Waals surface area contributed by atoms with E-state index in [-0.39, 0.29) is 13.0 Å². The summed E-state index contributed by atoms with van der Waals surface area (Å²) in [6, 6.07) is 0. The lowest BCUT2D eigenvalue weighted by Gasteiger charge is -2.14. The van der Waals surface area contributed by atoms with Crippen LogP contribution in [0.15, 0.2) is 0 Å². The molecular formula is C9H12F4O4. The Morgan fingerprint density at radius 1 is 1.12 bits per heavy atom. The van der Waals surface area contributed by atoms with Gasteiger partial charge in [-0.1, -0.05) is 0 Å². The van der Waals surface area contributed by atoms with Crippen molar-refractivity contribution >= 4 is 11.9 Å². The summed E-state index contributed by atoms with van der Waals surface area (Å²) in [5.41, 5.74) is 0. The van der Waals surface area contributed by atoms with Crippen LogP contribution in [0.4, 0.5) is 17.6 Å². The van der Waals surface area contributed by atoms with Gasteiger partial charge in [-0.2, -0.15) is 8.78 Å². The minimum absolute atomic E-state index is 0.122. The van der Waals surface area contributed by atoms with Gasteiger partial charge in [0.15, 0.2) is 6.61 Å². The number of rotatable bonds is 7. The number of alkyl halides is 4. The normalized spacial score (nSPS) is 11.4. The number of ether oxygens (including phenoxy) is 2. The largest absolute Gasteiger partial charge is 0.466 e. The molecule has 0 N–H and O–H groups in total. The topological polar surface area (TPSA) is 52.6 Å². The Bertz CT molecular complexity index is 268. The molecule has 0 aromatic heterocycles. The third-order valence-corrected chi connectivity index (χ3v) is 1.58. The summed E-state index contributed by atoms with van der Waals surface area (Å²) < 4.78 is 56.3. The molecule has 0 aromatic rings. The molecule has 0 aromatic carbocycles. The van der Waals surface area contributed by atoms with Crippen molar-refractivity contribution in [2.45, 2.75) is 32.1 Å². The molecule has 0 aliphatic heterocycles. The number of carbonyl (C=O) groups excluding carboxylic acids is 2. The summed E-state index contributed by atoms with van der Waals surface area (Å²) in [7, 11) is 0. The summed E-state index contributed by atoms with van der Waals surface area (Å²) in [6.07, 6.45) is -4.73. The van der Waals surface area contributed by atoms with Crippen LogP contribution in [0.5, 0.6) is 0 Å². The zero-order valence-electron chi connectivity index (χ0n) is 9.05. The third kappa shape index (κ3) is 6.75. The number of halogens is 4. The molecule has 4 nitrogen and oxygen atoms in total. The highest BCUT2D eigenvalue weighted by atomic mass is 19.3. The van der Waals surface area contributed by atoms with Crippen LogP contribution in [0.3, 0.4) is 0 Å². The molecule has 0 rings (SSSR count). The molecule has 0 atom stereocenters. The lowest BCUT2D eigenvalue weighted by Crippen LogP contribution is -2.33. The molecule has 0 fully saturated rings. The van der Waals surface area contributed by atoms with Crippen molar-refractivity contribution in [3.8, 4) is 0 Å². The maximum Gasteiger partial charge on any atom is 0.340 e. The highest BCUT2D eigenvalue weighted by Crippen LogP contribution is 2.23. The van der Waals surface area contributed by atoms with Crippen molar-refractivity contribution in [1.29, 1.82) is 0 Å². The van der Waals surface area contributed by atoms with E-state index in [1.165, 1.54) is 0 Å². The first-order chi connectivity index (χ1) is 7.79. The van der Waals surface area contributed by atoms with Crippen molar-refractivity contribution in [2.75, 3.05) is 13.2 Å². The van der Waals surface area contributed by atoms with Gasteiger partial charge in [0.1, 0.15) is 0 Å². The number of esters is 2. The molecule has 17 heavy (non-hydrogen) atoms. The Balaban J connectivity index is 3.85. The molecule has 0 amide bonds. The molecule has 0 aliphatic carbocycles. The summed E-state index contributed by atoms with van der Waals surface area (Å²) in [6.45, 7) is -0.0247. The Morgan fingerprint density at radius 3 is 2.00 bits per heavy atom. The van der Waals surface area contributed by atoms with Crippen LogP contribution in [-0.4, -0.2) is 37.5 Å². The summed E-state index contributed by atoms with van der Waals surface area (Å²) in [4.78, 5) is 21.6. The number of hydrogen-bond donors (Lipinski definition) is 0. The monoisotopic (exact) mass is 260 g/mol. The molecule has 8 heteroatoms. The van der Waals surface area contributed by atoms with Crippen molar-refractivity contribution in [3.05, 3.63) is 0 Å². The van der Waals surface area contributed by atoms with Crippen molar-refractivity contribution in [2.24, 2.45) is 0 Å². The summed E-state index contributed by atoms with van der Waals surface area (Å²) in [5.74, 6) is -6.22. The van der Waals surface area contributed by atoms with Crippen LogP contribution < -0.4 is 0 Å². The van der Waals surface area contributed by atoms with Crippen LogP contribution in [0.2, 0.25) is 0 Å². The van der Waals surface area contributed by atoms with Gasteiger partial charge in [-0.05, 0) is 6.92 Å². The van der Waals surface area contributed by atoms with Gasteiger partial charge in [-0.15, -0.1) is 0 Å². The number of carbonyl (C=O) groups is 2.